The highest BCUT2D eigenvalue weighted by atomic mass is 15.0. The van der Waals surface area contributed by atoms with Gasteiger partial charge in [-0.15, -0.1) is 0 Å². The summed E-state index contributed by atoms with van der Waals surface area (Å²) in [6, 6.07) is 0.712. The Balaban J connectivity index is 1.97. The Hall–Kier alpha value is -0.340. The van der Waals surface area contributed by atoms with Crippen molar-refractivity contribution in [3.63, 3.8) is 0 Å². The molecule has 1 unspecified atom stereocenters. The van der Waals surface area contributed by atoms with E-state index in [4.69, 9.17) is 0 Å². The summed E-state index contributed by atoms with van der Waals surface area (Å²) in [5.74, 6) is 0. The Morgan fingerprint density at radius 3 is 3.00 bits per heavy atom. The molecule has 1 aliphatic rings. The lowest BCUT2D eigenvalue weighted by Crippen LogP contribution is -2.48. The number of nitrogens with one attached hydrogen (secondary N) is 2. The van der Waals surface area contributed by atoms with Crippen molar-refractivity contribution in [2.24, 2.45) is 0 Å². The van der Waals surface area contributed by atoms with E-state index >= 15 is 0 Å². The lowest BCUT2D eigenvalue weighted by atomic mass is 10.1. The molecule has 2 heteroatoms. The van der Waals surface area contributed by atoms with Gasteiger partial charge in [-0.3, -0.25) is 0 Å². The fourth-order valence-corrected chi connectivity index (χ4v) is 1.57. The van der Waals surface area contributed by atoms with Gasteiger partial charge in [0.25, 0.3) is 0 Å². The molecular weight excluding hydrogens is 148 g/mol. The van der Waals surface area contributed by atoms with E-state index in [0.29, 0.717) is 6.04 Å². The fraction of sp³-hybridized carbons (Fsp3) is 0.800. The molecule has 1 rings (SSSR count). The van der Waals surface area contributed by atoms with E-state index in [1.165, 1.54) is 19.3 Å². The Kier molecular flexibility index (Phi) is 5.04. The van der Waals surface area contributed by atoms with Gasteiger partial charge in [-0.2, -0.15) is 0 Å². The molecule has 70 valence electrons. The third kappa shape index (κ3) is 3.88. The summed E-state index contributed by atoms with van der Waals surface area (Å²) < 4.78 is 0. The number of hydrogen-bond acceptors (Lipinski definition) is 2. The van der Waals surface area contributed by atoms with Crippen LogP contribution in [0.2, 0.25) is 0 Å². The van der Waals surface area contributed by atoms with Crippen molar-refractivity contribution in [3.8, 4) is 0 Å². The van der Waals surface area contributed by atoms with E-state index in [2.05, 4.69) is 29.7 Å². The molecule has 0 aromatic carbocycles. The van der Waals surface area contributed by atoms with Gasteiger partial charge in [0.15, 0.2) is 0 Å². The lowest BCUT2D eigenvalue weighted by Gasteiger charge is -2.24. The van der Waals surface area contributed by atoms with Crippen molar-refractivity contribution >= 4 is 0 Å². The van der Waals surface area contributed by atoms with Gasteiger partial charge < -0.3 is 10.6 Å². The highest BCUT2D eigenvalue weighted by Gasteiger charge is 2.09. The third-order valence-electron chi connectivity index (χ3n) is 2.28. The quantitative estimate of drug-likeness (QED) is 0.488. The van der Waals surface area contributed by atoms with Gasteiger partial charge in [0, 0.05) is 25.7 Å². The lowest BCUT2D eigenvalue weighted by molar-refractivity contribution is 0.393. The van der Waals surface area contributed by atoms with Gasteiger partial charge >= 0.3 is 0 Å². The molecule has 0 saturated carbocycles. The highest BCUT2D eigenvalue weighted by Crippen LogP contribution is 2.02. The van der Waals surface area contributed by atoms with E-state index in [1.54, 1.807) is 0 Å². The van der Waals surface area contributed by atoms with Gasteiger partial charge in [0.2, 0.25) is 0 Å². The summed E-state index contributed by atoms with van der Waals surface area (Å²) in [4.78, 5) is 0. The van der Waals surface area contributed by atoms with E-state index in [1.807, 2.05) is 0 Å². The molecule has 1 heterocycles. The smallest absolute Gasteiger partial charge is 0.0193 e. The van der Waals surface area contributed by atoms with Crippen molar-refractivity contribution in [2.75, 3.05) is 19.6 Å². The summed E-state index contributed by atoms with van der Waals surface area (Å²) in [5.41, 5.74) is 0. The van der Waals surface area contributed by atoms with Crippen LogP contribution in [0.4, 0.5) is 0 Å². The van der Waals surface area contributed by atoms with Crippen molar-refractivity contribution < 1.29 is 0 Å². The standard InChI is InChI=1S/C10H20N2/c1-2-3-4-5-6-10-9-11-7-8-12-10/h2-3,10-12H,4-9H2,1H3. The topological polar surface area (TPSA) is 24.1 Å². The van der Waals surface area contributed by atoms with E-state index < -0.39 is 0 Å². The van der Waals surface area contributed by atoms with Gasteiger partial charge in [-0.05, 0) is 26.2 Å². The molecule has 1 atom stereocenters. The Labute approximate surface area is 75.4 Å². The van der Waals surface area contributed by atoms with Crippen LogP contribution >= 0.6 is 0 Å². The molecule has 1 saturated heterocycles. The average molecular weight is 168 g/mol. The normalized spacial score (nSPS) is 24.9. The molecule has 0 spiro atoms. The summed E-state index contributed by atoms with van der Waals surface area (Å²) in [7, 11) is 0. The SMILES string of the molecule is CC=CCCCC1CNCCN1. The van der Waals surface area contributed by atoms with Gasteiger partial charge in [0.05, 0.1) is 0 Å². The van der Waals surface area contributed by atoms with Crippen LogP contribution in [-0.2, 0) is 0 Å². The molecule has 0 aromatic rings. The minimum Gasteiger partial charge on any atom is -0.314 e. The number of allylic oxidation sites excluding steroid dienone is 2. The van der Waals surface area contributed by atoms with E-state index in [9.17, 15) is 0 Å². The summed E-state index contributed by atoms with van der Waals surface area (Å²) >= 11 is 0. The molecule has 0 bridgehead atoms. The number of hydrogen-bond donors (Lipinski definition) is 2. The predicted octanol–water partition coefficient (Wildman–Crippen LogP) is 1.29. The molecule has 12 heavy (non-hydrogen) atoms. The molecular formula is C10H20N2. The first-order chi connectivity index (χ1) is 5.93. The monoisotopic (exact) mass is 168 g/mol. The minimum atomic E-state index is 0.712. The van der Waals surface area contributed by atoms with E-state index in [0.717, 1.165) is 19.6 Å². The number of piperazine rings is 1. The van der Waals surface area contributed by atoms with Crippen molar-refractivity contribution in [3.05, 3.63) is 12.2 Å². The molecule has 1 aliphatic heterocycles. The first-order valence-electron chi connectivity index (χ1n) is 4.98. The first kappa shape index (κ1) is 9.75. The zero-order chi connectivity index (χ0) is 8.65. The van der Waals surface area contributed by atoms with Gasteiger partial charge in [-0.25, -0.2) is 0 Å². The molecule has 2 N–H and O–H groups in total. The fourth-order valence-electron chi connectivity index (χ4n) is 1.57. The zero-order valence-electron chi connectivity index (χ0n) is 7.97. The largest absolute Gasteiger partial charge is 0.314 e. The molecule has 2 nitrogen and oxygen atoms in total. The predicted molar refractivity (Wildman–Crippen MR) is 53.3 cm³/mol. The molecule has 0 aliphatic carbocycles. The minimum absolute atomic E-state index is 0.712. The van der Waals surface area contributed by atoms with Crippen molar-refractivity contribution in [1.29, 1.82) is 0 Å². The molecule has 0 amide bonds. The van der Waals surface area contributed by atoms with Crippen LogP contribution in [0, 0.1) is 0 Å². The first-order valence-corrected chi connectivity index (χ1v) is 4.98. The Morgan fingerprint density at radius 2 is 2.33 bits per heavy atom. The van der Waals surface area contributed by atoms with Gasteiger partial charge in [-0.1, -0.05) is 12.2 Å². The highest BCUT2D eigenvalue weighted by molar-refractivity contribution is 4.79. The maximum atomic E-state index is 3.51. The second-order valence-electron chi connectivity index (χ2n) is 3.36. The van der Waals surface area contributed by atoms with Gasteiger partial charge in [0.1, 0.15) is 0 Å². The summed E-state index contributed by atoms with van der Waals surface area (Å²) in [6.07, 6.45) is 8.22. The molecule has 1 fully saturated rings. The number of rotatable bonds is 4. The molecule has 0 radical (unpaired) electrons. The van der Waals surface area contributed by atoms with Crippen LogP contribution in [0.15, 0.2) is 12.2 Å². The third-order valence-corrected chi connectivity index (χ3v) is 2.28. The maximum Gasteiger partial charge on any atom is 0.0193 e. The Bertz CT molecular complexity index is 126. The average Bonchev–Trinajstić information content (AvgIpc) is 2.14. The van der Waals surface area contributed by atoms with Crippen LogP contribution in [-0.4, -0.2) is 25.7 Å². The zero-order valence-corrected chi connectivity index (χ0v) is 7.97. The maximum absolute atomic E-state index is 3.51. The van der Waals surface area contributed by atoms with Crippen LogP contribution in [0.1, 0.15) is 26.2 Å². The van der Waals surface area contributed by atoms with Crippen LogP contribution in [0.5, 0.6) is 0 Å². The summed E-state index contributed by atoms with van der Waals surface area (Å²) in [6.45, 7) is 5.50. The Morgan fingerprint density at radius 1 is 1.42 bits per heavy atom. The van der Waals surface area contributed by atoms with Crippen LogP contribution < -0.4 is 10.6 Å². The van der Waals surface area contributed by atoms with Crippen LogP contribution in [0.3, 0.4) is 0 Å². The second kappa shape index (κ2) is 6.21. The second-order valence-corrected chi connectivity index (χ2v) is 3.36. The molecule has 0 aromatic heterocycles. The van der Waals surface area contributed by atoms with Crippen molar-refractivity contribution in [1.82, 2.24) is 10.6 Å². The summed E-state index contributed by atoms with van der Waals surface area (Å²) in [5, 5.41) is 6.90. The van der Waals surface area contributed by atoms with E-state index in [-0.39, 0.29) is 0 Å². The van der Waals surface area contributed by atoms with Crippen LogP contribution in [0.25, 0.3) is 0 Å². The number of unbranched alkanes of at least 4 members (excludes halogenated alkanes) is 1. The van der Waals surface area contributed by atoms with Crippen molar-refractivity contribution in [2.45, 2.75) is 32.2 Å².